The van der Waals surface area contributed by atoms with Crippen LogP contribution in [-0.4, -0.2) is 16.0 Å². The van der Waals surface area contributed by atoms with Crippen LogP contribution >= 0.6 is 31.9 Å². The van der Waals surface area contributed by atoms with Crippen molar-refractivity contribution in [1.82, 2.24) is 0 Å². The van der Waals surface area contributed by atoms with Crippen LogP contribution in [0, 0.1) is 12.3 Å². The summed E-state index contributed by atoms with van der Waals surface area (Å²) in [4.78, 5) is 0.0957. The molecule has 0 saturated carbocycles. The molecule has 0 amide bonds. The predicted octanol–water partition coefficient (Wildman–Crippen LogP) is 4.24. The van der Waals surface area contributed by atoms with Gasteiger partial charge in [0.2, 0.25) is 0 Å². The summed E-state index contributed by atoms with van der Waals surface area (Å²) in [6.45, 7) is 2.03. The number of terminal acetylenes is 1. The van der Waals surface area contributed by atoms with Crippen molar-refractivity contribution in [3.05, 3.63) is 34.2 Å². The normalized spacial score (nSPS) is 14.5. The smallest absolute Gasteiger partial charge is 0.118 e. The van der Waals surface area contributed by atoms with Crippen molar-refractivity contribution in [3.8, 4) is 12.3 Å². The van der Waals surface area contributed by atoms with E-state index in [0.29, 0.717) is 6.42 Å². The monoisotopic (exact) mass is 388 g/mol. The Bertz CT molecular complexity index is 457. The van der Waals surface area contributed by atoms with Crippen molar-refractivity contribution in [2.45, 2.75) is 43.5 Å². The summed E-state index contributed by atoms with van der Waals surface area (Å²) in [6.07, 6.45) is 11.4. The highest BCUT2D eigenvalue weighted by atomic mass is 79.9. The van der Waals surface area contributed by atoms with Gasteiger partial charge < -0.3 is 9.52 Å². The Labute approximate surface area is 131 Å². The fourth-order valence-corrected chi connectivity index (χ4v) is 2.42. The average Bonchev–Trinajstić information content (AvgIpc) is 2.74. The number of rotatable bonds is 7. The zero-order valence-electron chi connectivity index (χ0n) is 10.9. The minimum Gasteiger partial charge on any atom is -0.465 e. The fourth-order valence-electron chi connectivity index (χ4n) is 1.70. The van der Waals surface area contributed by atoms with Crippen LogP contribution in [0.4, 0.5) is 0 Å². The molecule has 104 valence electrons. The van der Waals surface area contributed by atoms with E-state index in [1.54, 1.807) is 6.08 Å². The van der Waals surface area contributed by atoms with E-state index in [9.17, 15) is 5.11 Å². The molecule has 1 N–H and O–H groups in total. The van der Waals surface area contributed by atoms with Crippen LogP contribution in [0.1, 0.15) is 31.3 Å². The van der Waals surface area contributed by atoms with Gasteiger partial charge in [-0.25, -0.2) is 0 Å². The van der Waals surface area contributed by atoms with Crippen molar-refractivity contribution in [3.63, 3.8) is 0 Å². The van der Waals surface area contributed by atoms with E-state index in [4.69, 9.17) is 10.8 Å². The highest BCUT2D eigenvalue weighted by Gasteiger charge is 2.17. The van der Waals surface area contributed by atoms with Gasteiger partial charge in [-0.15, -0.1) is 6.42 Å². The van der Waals surface area contributed by atoms with E-state index < -0.39 is 6.10 Å². The van der Waals surface area contributed by atoms with Crippen LogP contribution < -0.4 is 0 Å². The van der Waals surface area contributed by atoms with Gasteiger partial charge in [0, 0.05) is 17.7 Å². The zero-order valence-corrected chi connectivity index (χ0v) is 14.1. The first-order valence-electron chi connectivity index (χ1n) is 6.28. The molecule has 1 aromatic rings. The Balaban J connectivity index is 2.58. The number of hydrogen-bond acceptors (Lipinski definition) is 2. The minimum absolute atomic E-state index is 0.0957. The van der Waals surface area contributed by atoms with Gasteiger partial charge in [-0.3, -0.25) is 0 Å². The number of alkyl halides is 1. The first-order valence-corrected chi connectivity index (χ1v) is 7.99. The Morgan fingerprint density at radius 3 is 2.95 bits per heavy atom. The Kier molecular flexibility index (Phi) is 7.52. The molecular weight excluding hydrogens is 372 g/mol. The summed E-state index contributed by atoms with van der Waals surface area (Å²) >= 11 is 6.93. The topological polar surface area (TPSA) is 33.4 Å². The number of furan rings is 1. The second kappa shape index (κ2) is 8.63. The SMILES string of the molecule is C#C/C=C\CCc1oc(C[C@@H](O)[C@@H](Br)CC)cc1Br. The van der Waals surface area contributed by atoms with Crippen LogP contribution in [0.15, 0.2) is 27.1 Å². The molecule has 4 heteroatoms. The van der Waals surface area contributed by atoms with Gasteiger partial charge in [0.1, 0.15) is 11.5 Å². The fraction of sp³-hybridized carbons (Fsp3) is 0.467. The Hall–Kier alpha value is -0.500. The second-order valence-electron chi connectivity index (χ2n) is 4.29. The van der Waals surface area contributed by atoms with Crippen LogP contribution in [0.2, 0.25) is 0 Å². The van der Waals surface area contributed by atoms with Crippen LogP contribution in [0.5, 0.6) is 0 Å². The lowest BCUT2D eigenvalue weighted by atomic mass is 10.1. The van der Waals surface area contributed by atoms with Gasteiger partial charge in [0.15, 0.2) is 0 Å². The number of allylic oxidation sites excluding steroid dienone is 2. The highest BCUT2D eigenvalue weighted by molar-refractivity contribution is 9.10. The molecule has 0 unspecified atom stereocenters. The van der Waals surface area contributed by atoms with Gasteiger partial charge in [-0.2, -0.15) is 0 Å². The quantitative estimate of drug-likeness (QED) is 0.558. The van der Waals surface area contributed by atoms with Gasteiger partial charge in [-0.1, -0.05) is 34.9 Å². The predicted molar refractivity (Wildman–Crippen MR) is 85.4 cm³/mol. The van der Waals surface area contributed by atoms with Crippen LogP contribution in [-0.2, 0) is 12.8 Å². The van der Waals surface area contributed by atoms with E-state index in [1.165, 1.54) is 0 Å². The largest absolute Gasteiger partial charge is 0.465 e. The average molecular weight is 390 g/mol. The van der Waals surface area contributed by atoms with E-state index in [0.717, 1.165) is 35.3 Å². The summed E-state index contributed by atoms with van der Waals surface area (Å²) in [5, 5.41) is 9.96. The van der Waals surface area contributed by atoms with Crippen molar-refractivity contribution < 1.29 is 9.52 Å². The molecule has 0 aromatic carbocycles. The zero-order chi connectivity index (χ0) is 14.3. The molecule has 1 aromatic heterocycles. The van der Waals surface area contributed by atoms with E-state index in [-0.39, 0.29) is 4.83 Å². The van der Waals surface area contributed by atoms with Gasteiger partial charge in [0.25, 0.3) is 0 Å². The summed E-state index contributed by atoms with van der Waals surface area (Å²) in [5.74, 6) is 4.15. The van der Waals surface area contributed by atoms with Crippen molar-refractivity contribution >= 4 is 31.9 Å². The van der Waals surface area contributed by atoms with E-state index in [1.807, 2.05) is 19.1 Å². The van der Waals surface area contributed by atoms with Gasteiger partial charge in [-0.05, 0) is 40.9 Å². The third kappa shape index (κ3) is 5.56. The minimum atomic E-state index is -0.433. The highest BCUT2D eigenvalue weighted by Crippen LogP contribution is 2.25. The maximum absolute atomic E-state index is 9.96. The molecular formula is C15H18Br2O2. The molecule has 0 saturated heterocycles. The molecule has 0 fully saturated rings. The number of hydrogen-bond donors (Lipinski definition) is 1. The van der Waals surface area contributed by atoms with Crippen LogP contribution in [0.25, 0.3) is 0 Å². The number of halogens is 2. The molecule has 0 radical (unpaired) electrons. The lowest BCUT2D eigenvalue weighted by molar-refractivity contribution is 0.164. The number of aliphatic hydroxyl groups excluding tert-OH is 1. The molecule has 0 aliphatic carbocycles. The first kappa shape index (κ1) is 16.6. The lowest BCUT2D eigenvalue weighted by Gasteiger charge is -2.13. The van der Waals surface area contributed by atoms with Gasteiger partial charge in [0.05, 0.1) is 10.6 Å². The van der Waals surface area contributed by atoms with Crippen LogP contribution in [0.3, 0.4) is 0 Å². The standard InChI is InChI=1S/C15H18Br2O2/c1-3-5-6-7-8-15-13(17)9-11(19-15)10-14(18)12(16)4-2/h1,5-6,9,12,14,18H,4,7-8,10H2,2H3/b6-5-/t12-,14+/m0/s1. The summed E-state index contributed by atoms with van der Waals surface area (Å²) in [6, 6.07) is 1.93. The lowest BCUT2D eigenvalue weighted by Crippen LogP contribution is -2.21. The third-order valence-corrected chi connectivity index (χ3v) is 4.71. The molecule has 2 nitrogen and oxygen atoms in total. The summed E-state index contributed by atoms with van der Waals surface area (Å²) in [7, 11) is 0. The second-order valence-corrected chi connectivity index (χ2v) is 6.32. The molecule has 1 heterocycles. The summed E-state index contributed by atoms with van der Waals surface area (Å²) < 4.78 is 6.70. The van der Waals surface area contributed by atoms with Crippen molar-refractivity contribution in [1.29, 1.82) is 0 Å². The Morgan fingerprint density at radius 1 is 1.58 bits per heavy atom. The van der Waals surface area contributed by atoms with Crippen molar-refractivity contribution in [2.75, 3.05) is 0 Å². The molecule has 0 bridgehead atoms. The molecule has 0 aliphatic rings. The summed E-state index contributed by atoms with van der Waals surface area (Å²) in [5.41, 5.74) is 0. The maximum Gasteiger partial charge on any atom is 0.118 e. The molecule has 2 atom stereocenters. The first-order chi connectivity index (χ1) is 9.08. The Morgan fingerprint density at radius 2 is 2.32 bits per heavy atom. The maximum atomic E-state index is 9.96. The van der Waals surface area contributed by atoms with E-state index >= 15 is 0 Å². The molecule has 0 aliphatic heterocycles. The molecule has 1 rings (SSSR count). The van der Waals surface area contributed by atoms with Crippen molar-refractivity contribution in [2.24, 2.45) is 0 Å². The van der Waals surface area contributed by atoms with Gasteiger partial charge >= 0.3 is 0 Å². The molecule has 19 heavy (non-hydrogen) atoms. The molecule has 0 spiro atoms. The number of aryl methyl sites for hydroxylation is 1. The van der Waals surface area contributed by atoms with E-state index in [2.05, 4.69) is 37.8 Å². The number of aliphatic hydroxyl groups is 1. The third-order valence-electron chi connectivity index (χ3n) is 2.78.